The molecule has 0 radical (unpaired) electrons. The van der Waals surface area contributed by atoms with Crippen molar-refractivity contribution in [3.8, 4) is 0 Å². The van der Waals surface area contributed by atoms with Gasteiger partial charge in [-0.25, -0.2) is 17.5 Å². The Kier molecular flexibility index (Phi) is 5.71. The van der Waals surface area contributed by atoms with Gasteiger partial charge in [0.1, 0.15) is 10.7 Å². The molecule has 0 bridgehead atoms. The molecule has 0 saturated heterocycles. The Balaban J connectivity index is 3.01. The zero-order valence-corrected chi connectivity index (χ0v) is 14.1. The van der Waals surface area contributed by atoms with Crippen LogP contribution in [-0.2, 0) is 16.6 Å². The minimum Gasteiger partial charge on any atom is -0.392 e. The fourth-order valence-electron chi connectivity index (χ4n) is 1.57. The van der Waals surface area contributed by atoms with E-state index in [9.17, 15) is 12.8 Å². The second kappa shape index (κ2) is 6.51. The average molecular weight is 368 g/mol. The molecule has 0 heterocycles. The van der Waals surface area contributed by atoms with Crippen LogP contribution in [0.1, 0.15) is 32.8 Å². The predicted molar refractivity (Wildman–Crippen MR) is 79.3 cm³/mol. The Morgan fingerprint density at radius 2 is 1.95 bits per heavy atom. The molecular weight excluding hydrogens is 349 g/mol. The van der Waals surface area contributed by atoms with Crippen LogP contribution in [0.25, 0.3) is 0 Å². The lowest BCUT2D eigenvalue weighted by Gasteiger charge is -2.18. The van der Waals surface area contributed by atoms with Gasteiger partial charge in [0.25, 0.3) is 0 Å². The van der Waals surface area contributed by atoms with E-state index in [-0.39, 0.29) is 17.5 Å². The van der Waals surface area contributed by atoms with E-state index in [0.29, 0.717) is 10.9 Å². The molecule has 114 valence electrons. The SMILES string of the molecule is CC(C)(C)CCNS(=O)(=O)c1cc(Br)cc(CO)c1F. The number of rotatable bonds is 5. The Labute approximate surface area is 127 Å². The van der Waals surface area contributed by atoms with Crippen molar-refractivity contribution in [1.82, 2.24) is 4.72 Å². The van der Waals surface area contributed by atoms with Crippen molar-refractivity contribution in [3.63, 3.8) is 0 Å². The summed E-state index contributed by atoms with van der Waals surface area (Å²) >= 11 is 3.11. The van der Waals surface area contributed by atoms with E-state index in [1.807, 2.05) is 20.8 Å². The minimum atomic E-state index is -3.93. The maximum Gasteiger partial charge on any atom is 0.243 e. The molecule has 0 amide bonds. The fraction of sp³-hybridized carbons (Fsp3) is 0.538. The van der Waals surface area contributed by atoms with Crippen molar-refractivity contribution in [2.75, 3.05) is 6.54 Å². The number of aliphatic hydroxyl groups excluding tert-OH is 1. The third-order valence-corrected chi connectivity index (χ3v) is 4.62. The second-order valence-corrected chi connectivity index (χ2v) is 8.39. The molecule has 0 aliphatic rings. The van der Waals surface area contributed by atoms with Gasteiger partial charge in [0.05, 0.1) is 6.61 Å². The zero-order chi connectivity index (χ0) is 15.6. The Morgan fingerprint density at radius 1 is 1.35 bits per heavy atom. The maximum atomic E-state index is 14.0. The van der Waals surface area contributed by atoms with Crippen LogP contribution in [0, 0.1) is 11.2 Å². The van der Waals surface area contributed by atoms with Crippen LogP contribution in [0.15, 0.2) is 21.5 Å². The van der Waals surface area contributed by atoms with Gasteiger partial charge in [-0.3, -0.25) is 0 Å². The van der Waals surface area contributed by atoms with E-state index in [2.05, 4.69) is 20.7 Å². The highest BCUT2D eigenvalue weighted by Gasteiger charge is 2.22. The molecule has 0 aromatic heterocycles. The molecule has 0 aliphatic carbocycles. The van der Waals surface area contributed by atoms with Gasteiger partial charge in [-0.1, -0.05) is 36.7 Å². The third kappa shape index (κ3) is 4.80. The van der Waals surface area contributed by atoms with Gasteiger partial charge >= 0.3 is 0 Å². The zero-order valence-electron chi connectivity index (χ0n) is 11.7. The molecule has 20 heavy (non-hydrogen) atoms. The minimum absolute atomic E-state index is 0.0193. The molecule has 0 atom stereocenters. The van der Waals surface area contributed by atoms with Crippen molar-refractivity contribution in [2.45, 2.75) is 38.7 Å². The molecule has 1 aromatic rings. The lowest BCUT2D eigenvalue weighted by atomic mass is 9.93. The van der Waals surface area contributed by atoms with Crippen molar-refractivity contribution in [3.05, 3.63) is 28.0 Å². The summed E-state index contributed by atoms with van der Waals surface area (Å²) in [6, 6.07) is 2.54. The van der Waals surface area contributed by atoms with Crippen LogP contribution in [0.3, 0.4) is 0 Å². The number of aliphatic hydroxyl groups is 1. The predicted octanol–water partition coefficient (Wildman–Crippen LogP) is 2.80. The van der Waals surface area contributed by atoms with Gasteiger partial charge in [0, 0.05) is 16.6 Å². The van der Waals surface area contributed by atoms with Gasteiger partial charge in [-0.05, 0) is 24.0 Å². The number of halogens is 2. The molecule has 0 spiro atoms. The number of sulfonamides is 1. The number of hydrogen-bond acceptors (Lipinski definition) is 3. The molecular formula is C13H19BrFNO3S. The highest BCUT2D eigenvalue weighted by Crippen LogP contribution is 2.24. The first-order valence-corrected chi connectivity index (χ1v) is 8.43. The summed E-state index contributed by atoms with van der Waals surface area (Å²) in [6.07, 6.45) is 0.634. The van der Waals surface area contributed by atoms with E-state index in [0.717, 1.165) is 0 Å². The second-order valence-electron chi connectivity index (χ2n) is 5.74. The summed E-state index contributed by atoms with van der Waals surface area (Å²) in [5.41, 5.74) is -0.0789. The van der Waals surface area contributed by atoms with Crippen LogP contribution in [0.4, 0.5) is 4.39 Å². The Morgan fingerprint density at radius 3 is 2.45 bits per heavy atom. The van der Waals surface area contributed by atoms with Crippen LogP contribution in [0.2, 0.25) is 0 Å². The molecule has 4 nitrogen and oxygen atoms in total. The largest absolute Gasteiger partial charge is 0.392 e. The Hall–Kier alpha value is -0.500. The van der Waals surface area contributed by atoms with Gasteiger partial charge in [-0.15, -0.1) is 0 Å². The fourth-order valence-corrected chi connectivity index (χ4v) is 3.40. The molecule has 0 unspecified atom stereocenters. The highest BCUT2D eigenvalue weighted by molar-refractivity contribution is 9.10. The number of hydrogen-bond donors (Lipinski definition) is 2. The lowest BCUT2D eigenvalue weighted by Crippen LogP contribution is -2.28. The topological polar surface area (TPSA) is 66.4 Å². The first kappa shape index (κ1) is 17.6. The van der Waals surface area contributed by atoms with Crippen LogP contribution in [-0.4, -0.2) is 20.1 Å². The molecule has 1 rings (SSSR count). The molecule has 0 saturated carbocycles. The van der Waals surface area contributed by atoms with Gasteiger partial charge in [-0.2, -0.15) is 0 Å². The number of benzene rings is 1. The summed E-state index contributed by atoms with van der Waals surface area (Å²) in [7, 11) is -3.93. The van der Waals surface area contributed by atoms with Gasteiger partial charge in [0.15, 0.2) is 0 Å². The van der Waals surface area contributed by atoms with E-state index in [4.69, 9.17) is 5.11 Å². The van der Waals surface area contributed by atoms with E-state index in [1.54, 1.807) is 0 Å². The van der Waals surface area contributed by atoms with Crippen molar-refractivity contribution in [1.29, 1.82) is 0 Å². The molecule has 2 N–H and O–H groups in total. The molecule has 1 aromatic carbocycles. The van der Waals surface area contributed by atoms with Gasteiger partial charge in [0.2, 0.25) is 10.0 Å². The van der Waals surface area contributed by atoms with E-state index in [1.165, 1.54) is 12.1 Å². The smallest absolute Gasteiger partial charge is 0.243 e. The number of nitrogens with one attached hydrogen (secondary N) is 1. The van der Waals surface area contributed by atoms with Crippen LogP contribution in [0.5, 0.6) is 0 Å². The van der Waals surface area contributed by atoms with Crippen LogP contribution < -0.4 is 4.72 Å². The standard InChI is InChI=1S/C13H19BrFNO3S/c1-13(2,3)4-5-16-20(18,19)11-7-10(14)6-9(8-17)12(11)15/h6-7,16-17H,4-5,8H2,1-3H3. The first-order valence-electron chi connectivity index (χ1n) is 6.15. The summed E-state index contributed by atoms with van der Waals surface area (Å²) in [5, 5.41) is 9.04. The lowest BCUT2D eigenvalue weighted by molar-refractivity contribution is 0.274. The normalized spacial score (nSPS) is 12.7. The summed E-state index contributed by atoms with van der Waals surface area (Å²) in [5.74, 6) is -0.918. The van der Waals surface area contributed by atoms with Crippen molar-refractivity contribution < 1.29 is 17.9 Å². The summed E-state index contributed by atoms with van der Waals surface area (Å²) in [6.45, 7) is 5.64. The monoisotopic (exact) mass is 367 g/mol. The maximum absolute atomic E-state index is 14.0. The third-order valence-electron chi connectivity index (χ3n) is 2.71. The van der Waals surface area contributed by atoms with Gasteiger partial charge < -0.3 is 5.11 Å². The molecule has 7 heteroatoms. The summed E-state index contributed by atoms with van der Waals surface area (Å²) in [4.78, 5) is -0.454. The highest BCUT2D eigenvalue weighted by atomic mass is 79.9. The Bertz CT molecular complexity index is 582. The average Bonchev–Trinajstić information content (AvgIpc) is 2.29. The van der Waals surface area contributed by atoms with E-state index >= 15 is 0 Å². The van der Waals surface area contributed by atoms with Crippen molar-refractivity contribution in [2.24, 2.45) is 5.41 Å². The van der Waals surface area contributed by atoms with Crippen molar-refractivity contribution >= 4 is 26.0 Å². The summed E-state index contributed by atoms with van der Waals surface area (Å²) < 4.78 is 41.0. The first-order chi connectivity index (χ1) is 9.07. The quantitative estimate of drug-likeness (QED) is 0.840. The van der Waals surface area contributed by atoms with E-state index < -0.39 is 27.3 Å². The molecule has 0 aliphatic heterocycles. The van der Waals surface area contributed by atoms with Crippen LogP contribution >= 0.6 is 15.9 Å². The molecule has 0 fully saturated rings.